The number of carbonyl (C=O) groups excluding carboxylic acids is 3. The first kappa shape index (κ1) is 17.8. The van der Waals surface area contributed by atoms with Crippen LogP contribution in [0.1, 0.15) is 37.9 Å². The van der Waals surface area contributed by atoms with Crippen molar-refractivity contribution in [3.63, 3.8) is 0 Å². The van der Waals surface area contributed by atoms with Crippen LogP contribution in [-0.2, 0) is 25.5 Å². The molecule has 24 heavy (non-hydrogen) atoms. The van der Waals surface area contributed by atoms with Gasteiger partial charge in [0.2, 0.25) is 6.41 Å². The van der Waals surface area contributed by atoms with Crippen LogP contribution in [0.3, 0.4) is 0 Å². The molecule has 0 fully saturated rings. The summed E-state index contributed by atoms with van der Waals surface area (Å²) in [7, 11) is 1.54. The summed E-state index contributed by atoms with van der Waals surface area (Å²) < 4.78 is 15.8. The maximum atomic E-state index is 12.3. The number of hydrogen-bond acceptors (Lipinski definition) is 6. The average Bonchev–Trinajstić information content (AvgIpc) is 2.51. The topological polar surface area (TPSA) is 82.1 Å². The highest BCUT2D eigenvalue weighted by Crippen LogP contribution is 2.38. The van der Waals surface area contributed by atoms with E-state index in [9.17, 15) is 14.4 Å². The Morgan fingerprint density at radius 3 is 2.54 bits per heavy atom. The summed E-state index contributed by atoms with van der Waals surface area (Å²) >= 11 is 0. The van der Waals surface area contributed by atoms with E-state index in [1.807, 2.05) is 13.8 Å². The number of hydrogen-bond donors (Lipinski definition) is 0. The van der Waals surface area contributed by atoms with Crippen molar-refractivity contribution in [3.05, 3.63) is 23.3 Å². The molecule has 0 saturated heterocycles. The van der Waals surface area contributed by atoms with E-state index in [2.05, 4.69) is 0 Å². The number of methoxy groups -OCH3 is 1. The molecule has 130 valence electrons. The summed E-state index contributed by atoms with van der Waals surface area (Å²) in [6.45, 7) is 5.24. The van der Waals surface area contributed by atoms with Crippen LogP contribution in [0.25, 0.3) is 0 Å². The molecule has 0 saturated carbocycles. The molecule has 1 heterocycles. The van der Waals surface area contributed by atoms with E-state index in [0.29, 0.717) is 36.4 Å². The molecule has 1 amide bonds. The maximum absolute atomic E-state index is 12.3. The predicted octanol–water partition coefficient (Wildman–Crippen LogP) is 1.63. The molecular weight excluding hydrogens is 314 g/mol. The zero-order chi connectivity index (χ0) is 17.9. The lowest BCUT2D eigenvalue weighted by atomic mass is 9.92. The standard InChI is InChI=1S/C17H21NO6/c1-10(2)23-15-8-13-12(7-14(15)22-4)5-6-18(9-19)16(13)17(21)24-11(3)20/h7-10,16H,5-6H2,1-4H3. The van der Waals surface area contributed by atoms with Gasteiger partial charge in [0.15, 0.2) is 17.5 Å². The smallest absolute Gasteiger partial charge is 0.341 e. The van der Waals surface area contributed by atoms with E-state index >= 15 is 0 Å². The number of ether oxygens (including phenoxy) is 3. The molecule has 2 rings (SSSR count). The van der Waals surface area contributed by atoms with Gasteiger partial charge in [0.1, 0.15) is 0 Å². The molecule has 7 heteroatoms. The van der Waals surface area contributed by atoms with Gasteiger partial charge in [-0.25, -0.2) is 4.79 Å². The van der Waals surface area contributed by atoms with Crippen LogP contribution in [0.2, 0.25) is 0 Å². The molecule has 1 unspecified atom stereocenters. The van der Waals surface area contributed by atoms with Crippen molar-refractivity contribution >= 4 is 18.3 Å². The molecule has 1 aromatic carbocycles. The molecule has 0 spiro atoms. The van der Waals surface area contributed by atoms with E-state index in [-0.39, 0.29) is 6.10 Å². The SMILES string of the molecule is COc1cc2c(cc1OC(C)C)C(C(=O)OC(C)=O)N(C=O)CC2. The molecule has 0 aromatic heterocycles. The third-order valence-electron chi connectivity index (χ3n) is 3.66. The van der Waals surface area contributed by atoms with Gasteiger partial charge >= 0.3 is 11.9 Å². The summed E-state index contributed by atoms with van der Waals surface area (Å²) in [5.41, 5.74) is 1.43. The lowest BCUT2D eigenvalue weighted by molar-refractivity contribution is -0.163. The minimum absolute atomic E-state index is 0.0923. The Labute approximate surface area is 140 Å². The molecule has 0 N–H and O–H groups in total. The fraction of sp³-hybridized carbons (Fsp3) is 0.471. The highest BCUT2D eigenvalue weighted by atomic mass is 16.6. The van der Waals surface area contributed by atoms with Gasteiger partial charge in [-0.15, -0.1) is 0 Å². The third kappa shape index (κ3) is 3.67. The molecule has 1 aromatic rings. The highest BCUT2D eigenvalue weighted by Gasteiger charge is 2.35. The molecule has 0 aliphatic carbocycles. The minimum atomic E-state index is -0.976. The fourth-order valence-electron chi connectivity index (χ4n) is 2.73. The summed E-state index contributed by atoms with van der Waals surface area (Å²) in [4.78, 5) is 36.1. The fourth-order valence-corrected chi connectivity index (χ4v) is 2.73. The van der Waals surface area contributed by atoms with Gasteiger partial charge in [-0.3, -0.25) is 9.59 Å². The van der Waals surface area contributed by atoms with Gasteiger partial charge < -0.3 is 19.1 Å². The maximum Gasteiger partial charge on any atom is 0.341 e. The number of carbonyl (C=O) groups is 3. The van der Waals surface area contributed by atoms with Gasteiger partial charge in [0.25, 0.3) is 0 Å². The Morgan fingerprint density at radius 1 is 1.29 bits per heavy atom. The summed E-state index contributed by atoms with van der Waals surface area (Å²) in [6, 6.07) is 2.50. The van der Waals surface area contributed by atoms with Crippen molar-refractivity contribution in [2.75, 3.05) is 13.7 Å². The molecule has 0 radical (unpaired) electrons. The second-order valence-electron chi connectivity index (χ2n) is 5.78. The zero-order valence-corrected chi connectivity index (χ0v) is 14.2. The van der Waals surface area contributed by atoms with Crippen molar-refractivity contribution in [1.82, 2.24) is 4.90 Å². The second-order valence-corrected chi connectivity index (χ2v) is 5.78. The number of amides is 1. The van der Waals surface area contributed by atoms with Crippen LogP contribution in [0.5, 0.6) is 11.5 Å². The van der Waals surface area contributed by atoms with E-state index in [1.54, 1.807) is 12.1 Å². The predicted molar refractivity (Wildman–Crippen MR) is 84.7 cm³/mol. The normalized spacial score (nSPS) is 16.4. The summed E-state index contributed by atoms with van der Waals surface area (Å²) in [5, 5.41) is 0. The molecule has 1 aliphatic heterocycles. The Balaban J connectivity index is 2.51. The van der Waals surface area contributed by atoms with Crippen molar-refractivity contribution in [1.29, 1.82) is 0 Å². The molecule has 0 bridgehead atoms. The lowest BCUT2D eigenvalue weighted by Crippen LogP contribution is -2.40. The van der Waals surface area contributed by atoms with Gasteiger partial charge in [-0.2, -0.15) is 0 Å². The lowest BCUT2D eigenvalue weighted by Gasteiger charge is -2.33. The van der Waals surface area contributed by atoms with E-state index < -0.39 is 18.0 Å². The number of rotatable bonds is 5. The van der Waals surface area contributed by atoms with Crippen LogP contribution in [0.4, 0.5) is 0 Å². The number of benzene rings is 1. The monoisotopic (exact) mass is 335 g/mol. The Bertz CT molecular complexity index is 655. The van der Waals surface area contributed by atoms with Crippen molar-refractivity contribution in [2.24, 2.45) is 0 Å². The Kier molecular flexibility index (Phi) is 5.43. The van der Waals surface area contributed by atoms with Crippen LogP contribution in [0, 0.1) is 0 Å². The van der Waals surface area contributed by atoms with Crippen molar-refractivity contribution in [3.8, 4) is 11.5 Å². The average molecular weight is 335 g/mol. The molecule has 7 nitrogen and oxygen atoms in total. The molecule has 1 atom stereocenters. The van der Waals surface area contributed by atoms with E-state index in [0.717, 1.165) is 12.5 Å². The van der Waals surface area contributed by atoms with Crippen LogP contribution in [0.15, 0.2) is 12.1 Å². The number of esters is 2. The minimum Gasteiger partial charge on any atom is -0.493 e. The van der Waals surface area contributed by atoms with Gasteiger partial charge in [-0.05, 0) is 43.5 Å². The van der Waals surface area contributed by atoms with Crippen LogP contribution in [-0.4, -0.2) is 43.0 Å². The second kappa shape index (κ2) is 7.33. The summed E-state index contributed by atoms with van der Waals surface area (Å²) in [6.07, 6.45) is 1.06. The van der Waals surface area contributed by atoms with E-state index in [1.165, 1.54) is 12.0 Å². The Morgan fingerprint density at radius 2 is 2.00 bits per heavy atom. The largest absolute Gasteiger partial charge is 0.493 e. The van der Waals surface area contributed by atoms with Gasteiger partial charge in [-0.1, -0.05) is 0 Å². The van der Waals surface area contributed by atoms with E-state index in [4.69, 9.17) is 14.2 Å². The number of fused-ring (bicyclic) bond motifs is 1. The van der Waals surface area contributed by atoms with Crippen LogP contribution >= 0.6 is 0 Å². The van der Waals surface area contributed by atoms with Crippen LogP contribution < -0.4 is 9.47 Å². The molecular formula is C17H21NO6. The third-order valence-corrected chi connectivity index (χ3v) is 3.66. The number of nitrogens with zero attached hydrogens (tertiary/aromatic N) is 1. The van der Waals surface area contributed by atoms with Crippen molar-refractivity contribution in [2.45, 2.75) is 39.3 Å². The highest BCUT2D eigenvalue weighted by molar-refractivity contribution is 5.90. The first-order valence-electron chi connectivity index (χ1n) is 7.68. The van der Waals surface area contributed by atoms with Crippen molar-refractivity contribution < 1.29 is 28.6 Å². The van der Waals surface area contributed by atoms with Gasteiger partial charge in [0.05, 0.1) is 13.2 Å². The first-order chi connectivity index (χ1) is 11.4. The zero-order valence-electron chi connectivity index (χ0n) is 14.2. The Hall–Kier alpha value is -2.57. The molecule has 1 aliphatic rings. The quantitative estimate of drug-likeness (QED) is 0.462. The van der Waals surface area contributed by atoms with Gasteiger partial charge in [0, 0.05) is 13.5 Å². The summed E-state index contributed by atoms with van der Waals surface area (Å²) in [5.74, 6) is -0.471. The first-order valence-corrected chi connectivity index (χ1v) is 7.68.